The number of hydrogen-bond donors (Lipinski definition) is 1. The summed E-state index contributed by atoms with van der Waals surface area (Å²) in [4.78, 5) is 32.2. The van der Waals surface area contributed by atoms with Crippen molar-refractivity contribution in [2.75, 3.05) is 30.4 Å². The van der Waals surface area contributed by atoms with Gasteiger partial charge in [-0.05, 0) is 36.6 Å². The third kappa shape index (κ3) is 5.06. The Morgan fingerprint density at radius 2 is 1.88 bits per heavy atom. The number of ether oxygens (including phenoxy) is 2. The predicted octanol–water partition coefficient (Wildman–Crippen LogP) is 4.60. The Kier molecular flexibility index (Phi) is 7.12. The van der Waals surface area contributed by atoms with Gasteiger partial charge in [0.2, 0.25) is 5.88 Å². The van der Waals surface area contributed by atoms with Crippen molar-refractivity contribution in [1.29, 1.82) is 0 Å². The zero-order valence-electron chi connectivity index (χ0n) is 18.3. The minimum atomic E-state index is -3.09. The van der Waals surface area contributed by atoms with E-state index >= 15 is 0 Å². The molecule has 32 heavy (non-hydrogen) atoms. The number of benzene rings is 1. The van der Waals surface area contributed by atoms with Gasteiger partial charge in [-0.15, -0.1) is 0 Å². The molecule has 0 bridgehead atoms. The van der Waals surface area contributed by atoms with Crippen LogP contribution >= 0.6 is 0 Å². The Morgan fingerprint density at radius 3 is 2.50 bits per heavy atom. The highest BCUT2D eigenvalue weighted by Gasteiger charge is 2.39. The van der Waals surface area contributed by atoms with Crippen molar-refractivity contribution in [2.45, 2.75) is 39.3 Å². The number of carbonyl (C=O) groups is 2. The van der Waals surface area contributed by atoms with E-state index < -0.39 is 18.7 Å². The van der Waals surface area contributed by atoms with E-state index in [1.165, 1.54) is 18.1 Å². The van der Waals surface area contributed by atoms with Crippen LogP contribution in [0.2, 0.25) is 0 Å². The quantitative estimate of drug-likeness (QED) is 0.698. The molecule has 1 aliphatic rings. The Balaban J connectivity index is 1.93. The maximum atomic E-state index is 13.4. The topological polar surface area (TPSA) is 84.0 Å². The molecule has 8 nitrogen and oxygen atoms in total. The van der Waals surface area contributed by atoms with E-state index in [0.29, 0.717) is 11.4 Å². The average Bonchev–Trinajstić information content (AvgIpc) is 2.71. The fraction of sp³-hybridized carbons (Fsp3) is 0.409. The van der Waals surface area contributed by atoms with Gasteiger partial charge in [0.15, 0.2) is 0 Å². The van der Waals surface area contributed by atoms with Gasteiger partial charge in [0, 0.05) is 24.5 Å². The molecule has 0 atom stereocenters. The molecule has 0 unspecified atom stereocenters. The Hall–Kier alpha value is -3.43. The summed E-state index contributed by atoms with van der Waals surface area (Å²) >= 11 is 0. The molecular weight excluding hydrogens is 422 g/mol. The van der Waals surface area contributed by atoms with Crippen LogP contribution in [0.4, 0.5) is 29.7 Å². The number of hydrogen-bond acceptors (Lipinski definition) is 5. The maximum absolute atomic E-state index is 13.4. The summed E-state index contributed by atoms with van der Waals surface area (Å²) in [5.74, 6) is -0.243. The van der Waals surface area contributed by atoms with Gasteiger partial charge in [-0.1, -0.05) is 32.0 Å². The zero-order chi connectivity index (χ0) is 23.4. The number of para-hydroxylation sites is 1. The molecule has 3 amide bonds. The van der Waals surface area contributed by atoms with E-state index in [-0.39, 0.29) is 36.6 Å². The maximum Gasteiger partial charge on any atom is 0.409 e. The molecule has 1 saturated heterocycles. The third-order valence-electron chi connectivity index (χ3n) is 5.14. The van der Waals surface area contributed by atoms with Gasteiger partial charge < -0.3 is 19.7 Å². The van der Waals surface area contributed by atoms with Gasteiger partial charge in [0.05, 0.1) is 13.2 Å². The van der Waals surface area contributed by atoms with Crippen LogP contribution in [0.25, 0.3) is 0 Å². The van der Waals surface area contributed by atoms with Crippen molar-refractivity contribution in [2.24, 2.45) is 0 Å². The standard InChI is InChI=1S/C22H26F2N4O4/c1-13(2)16-7-5-6-8-18(16)28(15-11-27(12-15)22(30)31-4)21(29)26-17-10-9-14(3)25-19(17)32-20(23)24/h5-10,13,15,20H,11-12H2,1-4H3,(H,26,29). The Bertz CT molecular complexity index is 980. The number of rotatable bonds is 6. The number of methoxy groups -OCH3 is 1. The average molecular weight is 448 g/mol. The van der Waals surface area contributed by atoms with Crippen LogP contribution < -0.4 is 15.0 Å². The van der Waals surface area contributed by atoms with Crippen molar-refractivity contribution in [1.82, 2.24) is 9.88 Å². The number of carbonyl (C=O) groups excluding carboxylic acids is 2. The van der Waals surface area contributed by atoms with Crippen molar-refractivity contribution >= 4 is 23.5 Å². The summed E-state index contributed by atoms with van der Waals surface area (Å²) in [5, 5.41) is 2.65. The number of anilines is 2. The summed E-state index contributed by atoms with van der Waals surface area (Å²) < 4.78 is 34.9. The highest BCUT2D eigenvalue weighted by molar-refractivity contribution is 6.03. The van der Waals surface area contributed by atoms with Crippen LogP contribution in [0, 0.1) is 6.92 Å². The smallest absolute Gasteiger partial charge is 0.409 e. The Morgan fingerprint density at radius 1 is 1.19 bits per heavy atom. The summed E-state index contributed by atoms with van der Waals surface area (Å²) in [6, 6.07) is 9.63. The van der Waals surface area contributed by atoms with E-state index in [1.807, 2.05) is 38.1 Å². The predicted molar refractivity (Wildman–Crippen MR) is 115 cm³/mol. The van der Waals surface area contributed by atoms with E-state index in [9.17, 15) is 18.4 Å². The van der Waals surface area contributed by atoms with Crippen LogP contribution in [0.15, 0.2) is 36.4 Å². The fourth-order valence-electron chi connectivity index (χ4n) is 3.54. The molecule has 1 fully saturated rings. The Labute approximate surface area is 185 Å². The first-order valence-corrected chi connectivity index (χ1v) is 10.2. The molecule has 1 aromatic heterocycles. The van der Waals surface area contributed by atoms with Gasteiger partial charge in [-0.3, -0.25) is 4.90 Å². The monoisotopic (exact) mass is 448 g/mol. The van der Waals surface area contributed by atoms with Gasteiger partial charge in [0.1, 0.15) is 5.69 Å². The van der Waals surface area contributed by atoms with E-state index in [2.05, 4.69) is 15.0 Å². The highest BCUT2D eigenvalue weighted by atomic mass is 19.3. The van der Waals surface area contributed by atoms with Crippen molar-refractivity contribution in [3.8, 4) is 5.88 Å². The lowest BCUT2D eigenvalue weighted by Crippen LogP contribution is -2.63. The minimum Gasteiger partial charge on any atom is -0.453 e. The molecule has 2 heterocycles. The number of aryl methyl sites for hydroxylation is 1. The van der Waals surface area contributed by atoms with E-state index in [0.717, 1.165) is 5.56 Å². The van der Waals surface area contributed by atoms with Gasteiger partial charge in [0.25, 0.3) is 0 Å². The normalized spacial score (nSPS) is 13.7. The second-order valence-corrected chi connectivity index (χ2v) is 7.73. The summed E-state index contributed by atoms with van der Waals surface area (Å²) in [7, 11) is 1.29. The second-order valence-electron chi connectivity index (χ2n) is 7.73. The molecule has 1 N–H and O–H groups in total. The third-order valence-corrected chi connectivity index (χ3v) is 5.14. The summed E-state index contributed by atoms with van der Waals surface area (Å²) in [6.45, 7) is 3.12. The van der Waals surface area contributed by atoms with Crippen LogP contribution in [0.5, 0.6) is 5.88 Å². The molecule has 172 valence electrons. The van der Waals surface area contributed by atoms with E-state index in [4.69, 9.17) is 4.74 Å². The summed E-state index contributed by atoms with van der Waals surface area (Å²) in [6.07, 6.45) is -0.478. The SMILES string of the molecule is COC(=O)N1CC(N(C(=O)Nc2ccc(C)nc2OC(F)F)c2ccccc2C(C)C)C1. The van der Waals surface area contributed by atoms with Crippen molar-refractivity contribution < 1.29 is 27.8 Å². The number of nitrogens with zero attached hydrogens (tertiary/aromatic N) is 3. The fourth-order valence-corrected chi connectivity index (χ4v) is 3.54. The number of alkyl halides is 2. The molecule has 2 aromatic rings. The minimum absolute atomic E-state index is 0.0251. The number of pyridine rings is 1. The van der Waals surface area contributed by atoms with Crippen LogP contribution in [-0.4, -0.2) is 54.9 Å². The number of urea groups is 1. The van der Waals surface area contributed by atoms with Crippen LogP contribution in [0.3, 0.4) is 0 Å². The van der Waals surface area contributed by atoms with E-state index in [1.54, 1.807) is 17.9 Å². The summed E-state index contributed by atoms with van der Waals surface area (Å²) in [5.41, 5.74) is 2.10. The van der Waals surface area contributed by atoms with Gasteiger partial charge in [-0.2, -0.15) is 8.78 Å². The number of nitrogens with one attached hydrogen (secondary N) is 1. The second kappa shape index (κ2) is 9.80. The number of amides is 3. The molecule has 10 heteroatoms. The lowest BCUT2D eigenvalue weighted by atomic mass is 9.98. The molecule has 1 aliphatic heterocycles. The molecule has 1 aromatic carbocycles. The van der Waals surface area contributed by atoms with Gasteiger partial charge >= 0.3 is 18.7 Å². The van der Waals surface area contributed by atoms with Crippen molar-refractivity contribution in [3.05, 3.63) is 47.7 Å². The van der Waals surface area contributed by atoms with Crippen LogP contribution in [0.1, 0.15) is 31.0 Å². The lowest BCUT2D eigenvalue weighted by Gasteiger charge is -2.44. The first kappa shape index (κ1) is 23.2. The zero-order valence-corrected chi connectivity index (χ0v) is 18.3. The number of likely N-dealkylation sites (tertiary alicyclic amines) is 1. The largest absolute Gasteiger partial charge is 0.453 e. The number of halogens is 2. The van der Waals surface area contributed by atoms with Crippen LogP contribution in [-0.2, 0) is 4.74 Å². The van der Waals surface area contributed by atoms with Gasteiger partial charge in [-0.25, -0.2) is 14.6 Å². The molecule has 0 radical (unpaired) electrons. The lowest BCUT2D eigenvalue weighted by molar-refractivity contribution is -0.0523. The molecular formula is C22H26F2N4O4. The first-order chi connectivity index (χ1) is 15.2. The van der Waals surface area contributed by atoms with Crippen molar-refractivity contribution in [3.63, 3.8) is 0 Å². The molecule has 0 aliphatic carbocycles. The number of aromatic nitrogens is 1. The first-order valence-electron chi connectivity index (χ1n) is 10.2. The molecule has 3 rings (SSSR count). The molecule has 0 spiro atoms. The molecule has 0 saturated carbocycles. The highest BCUT2D eigenvalue weighted by Crippen LogP contribution is 2.33.